The number of nitrogens with zero attached hydrogens (tertiary/aromatic N) is 2. The molecule has 1 N–H and O–H groups in total. The molecule has 1 aliphatic rings. The third kappa shape index (κ3) is 3.28. The molecule has 1 aliphatic heterocycles. The minimum absolute atomic E-state index is 0.345. The van der Waals surface area contributed by atoms with Crippen molar-refractivity contribution in [3.63, 3.8) is 0 Å². The Kier molecular flexibility index (Phi) is 5.05. The molecule has 0 spiro atoms. The van der Waals surface area contributed by atoms with Crippen LogP contribution in [0.3, 0.4) is 0 Å². The van der Waals surface area contributed by atoms with Gasteiger partial charge >= 0.3 is 6.03 Å². The number of imide groups is 1. The Hall–Kier alpha value is -4.26. The Bertz CT molecular complexity index is 1440. The Morgan fingerprint density at radius 3 is 2.29 bits per heavy atom. The van der Waals surface area contributed by atoms with Crippen LogP contribution in [0.4, 0.5) is 9.18 Å². The fraction of sp³-hybridized carbons (Fsp3) is 0.148. The highest BCUT2D eigenvalue weighted by Gasteiger charge is 2.49. The van der Waals surface area contributed by atoms with Crippen LogP contribution in [0.5, 0.6) is 0 Å². The van der Waals surface area contributed by atoms with Crippen LogP contribution in [-0.2, 0) is 17.4 Å². The molecule has 3 amide bonds. The maximum absolute atomic E-state index is 13.7. The summed E-state index contributed by atoms with van der Waals surface area (Å²) in [4.78, 5) is 40.7. The summed E-state index contributed by atoms with van der Waals surface area (Å²) in [7, 11) is 1.89. The van der Waals surface area contributed by atoms with Crippen molar-refractivity contribution >= 4 is 28.6 Å². The van der Waals surface area contributed by atoms with E-state index in [0.29, 0.717) is 11.1 Å². The number of nitrogens with one attached hydrogen (secondary N) is 1. The number of halogens is 1. The lowest BCUT2D eigenvalue weighted by molar-refractivity contribution is -0.130. The maximum atomic E-state index is 13.7. The number of ketones is 1. The standard InChI is InChI=1S/C27H22FN3O3/c1-27(18-12-14-19(28)15-13-18)25(33)31(26(34)29-27)16-22(32)23-20-10-6-7-11-21(20)30(2)24(23)17-8-4-3-5-9-17/h3-15H,16H2,1-2H3,(H,29,34). The molecule has 0 aliphatic carbocycles. The van der Waals surface area contributed by atoms with Gasteiger partial charge in [-0.2, -0.15) is 0 Å². The molecule has 4 aromatic rings. The lowest BCUT2D eigenvalue weighted by Crippen LogP contribution is -2.41. The smallest absolute Gasteiger partial charge is 0.325 e. The SMILES string of the molecule is Cn1c(-c2ccccc2)c(C(=O)CN2C(=O)NC(C)(c3ccc(F)cc3)C2=O)c2ccccc21. The maximum Gasteiger partial charge on any atom is 0.325 e. The van der Waals surface area contributed by atoms with E-state index in [2.05, 4.69) is 5.32 Å². The van der Waals surface area contributed by atoms with Gasteiger partial charge in [0.1, 0.15) is 11.4 Å². The van der Waals surface area contributed by atoms with E-state index < -0.39 is 29.8 Å². The molecule has 1 aromatic heterocycles. The number of amides is 3. The molecular weight excluding hydrogens is 433 g/mol. The fourth-order valence-electron chi connectivity index (χ4n) is 4.65. The van der Waals surface area contributed by atoms with Crippen LogP contribution in [0.2, 0.25) is 0 Å². The van der Waals surface area contributed by atoms with Gasteiger partial charge in [-0.1, -0.05) is 60.7 Å². The number of aromatic nitrogens is 1. The first kappa shape index (κ1) is 21.6. The van der Waals surface area contributed by atoms with Gasteiger partial charge < -0.3 is 9.88 Å². The summed E-state index contributed by atoms with van der Waals surface area (Å²) in [5.41, 5.74) is 1.97. The first-order valence-corrected chi connectivity index (χ1v) is 10.9. The number of carbonyl (C=O) groups is 3. The number of carbonyl (C=O) groups excluding carboxylic acids is 3. The number of benzene rings is 3. The molecule has 1 fully saturated rings. The molecule has 0 radical (unpaired) electrons. The Balaban J connectivity index is 1.54. The highest BCUT2D eigenvalue weighted by atomic mass is 19.1. The Morgan fingerprint density at radius 1 is 0.941 bits per heavy atom. The number of hydrogen-bond acceptors (Lipinski definition) is 3. The molecule has 3 aromatic carbocycles. The predicted octanol–water partition coefficient (Wildman–Crippen LogP) is 4.63. The van der Waals surface area contributed by atoms with Crippen LogP contribution in [0, 0.1) is 5.82 Å². The molecule has 1 unspecified atom stereocenters. The first-order valence-electron chi connectivity index (χ1n) is 10.9. The average molecular weight is 455 g/mol. The minimum atomic E-state index is -1.38. The Labute approximate surface area is 195 Å². The van der Waals surface area contributed by atoms with Crippen molar-refractivity contribution in [3.05, 3.63) is 95.8 Å². The van der Waals surface area contributed by atoms with Crippen molar-refractivity contribution < 1.29 is 18.8 Å². The summed E-state index contributed by atoms with van der Waals surface area (Å²) in [6.07, 6.45) is 0. The van der Waals surface area contributed by atoms with E-state index in [1.807, 2.05) is 66.2 Å². The quantitative estimate of drug-likeness (QED) is 0.352. The molecule has 0 saturated carbocycles. The van der Waals surface area contributed by atoms with Crippen LogP contribution >= 0.6 is 0 Å². The van der Waals surface area contributed by atoms with Crippen LogP contribution < -0.4 is 5.32 Å². The van der Waals surface area contributed by atoms with E-state index in [9.17, 15) is 18.8 Å². The monoisotopic (exact) mass is 455 g/mol. The van der Waals surface area contributed by atoms with Crippen LogP contribution in [0.1, 0.15) is 22.8 Å². The second kappa shape index (κ2) is 7.95. The van der Waals surface area contributed by atoms with Crippen molar-refractivity contribution in [3.8, 4) is 11.3 Å². The molecule has 0 bridgehead atoms. The largest absolute Gasteiger partial charge is 0.343 e. The predicted molar refractivity (Wildman–Crippen MR) is 127 cm³/mol. The number of rotatable bonds is 5. The number of para-hydroxylation sites is 1. The van der Waals surface area contributed by atoms with Crippen molar-refractivity contribution in [2.24, 2.45) is 7.05 Å². The molecule has 6 nitrogen and oxygen atoms in total. The lowest BCUT2D eigenvalue weighted by atomic mass is 9.92. The number of urea groups is 1. The van der Waals surface area contributed by atoms with Crippen LogP contribution in [0.25, 0.3) is 22.2 Å². The number of fused-ring (bicyclic) bond motifs is 1. The summed E-state index contributed by atoms with van der Waals surface area (Å²) in [5.74, 6) is -1.35. The molecule has 1 saturated heterocycles. The van der Waals surface area contributed by atoms with E-state index in [1.165, 1.54) is 24.3 Å². The number of aryl methyl sites for hydroxylation is 1. The lowest BCUT2D eigenvalue weighted by Gasteiger charge is -2.22. The van der Waals surface area contributed by atoms with Gasteiger partial charge in [0, 0.05) is 18.0 Å². The van der Waals surface area contributed by atoms with E-state index in [0.717, 1.165) is 27.1 Å². The van der Waals surface area contributed by atoms with E-state index >= 15 is 0 Å². The van der Waals surface area contributed by atoms with Gasteiger partial charge in [0.2, 0.25) is 0 Å². The first-order chi connectivity index (χ1) is 16.3. The van der Waals surface area contributed by atoms with Crippen molar-refractivity contribution in [2.75, 3.05) is 6.54 Å². The Morgan fingerprint density at radius 2 is 1.59 bits per heavy atom. The molecule has 7 heteroatoms. The van der Waals surface area contributed by atoms with Crippen molar-refractivity contribution in [1.82, 2.24) is 14.8 Å². The second-order valence-corrected chi connectivity index (χ2v) is 8.54. The fourth-order valence-corrected chi connectivity index (χ4v) is 4.65. The summed E-state index contributed by atoms with van der Waals surface area (Å²) in [5, 5.41) is 3.42. The normalized spacial score (nSPS) is 17.9. The molecule has 1 atom stereocenters. The number of hydrogen-bond donors (Lipinski definition) is 1. The van der Waals surface area contributed by atoms with Gasteiger partial charge in [-0.05, 0) is 36.2 Å². The van der Waals surface area contributed by atoms with E-state index in [1.54, 1.807) is 6.92 Å². The van der Waals surface area contributed by atoms with Gasteiger partial charge in [-0.15, -0.1) is 0 Å². The van der Waals surface area contributed by atoms with Crippen molar-refractivity contribution in [2.45, 2.75) is 12.5 Å². The minimum Gasteiger partial charge on any atom is -0.343 e. The summed E-state index contributed by atoms with van der Waals surface area (Å²) in [6.45, 7) is 1.15. The number of Topliss-reactive ketones (excluding diaryl/α,β-unsaturated/α-hetero) is 1. The second-order valence-electron chi connectivity index (χ2n) is 8.54. The van der Waals surface area contributed by atoms with Gasteiger partial charge in [-0.25, -0.2) is 9.18 Å². The highest BCUT2D eigenvalue weighted by Crippen LogP contribution is 2.34. The molecule has 2 heterocycles. The van der Waals surface area contributed by atoms with Crippen LogP contribution in [0.15, 0.2) is 78.9 Å². The zero-order valence-corrected chi connectivity index (χ0v) is 18.7. The highest BCUT2D eigenvalue weighted by molar-refractivity contribution is 6.17. The molecule has 170 valence electrons. The molecule has 5 rings (SSSR count). The average Bonchev–Trinajstić information content (AvgIpc) is 3.26. The van der Waals surface area contributed by atoms with Gasteiger partial charge in [0.05, 0.1) is 17.8 Å². The zero-order chi connectivity index (χ0) is 24.0. The van der Waals surface area contributed by atoms with E-state index in [-0.39, 0.29) is 5.78 Å². The van der Waals surface area contributed by atoms with Gasteiger partial charge in [-0.3, -0.25) is 14.5 Å². The summed E-state index contributed by atoms with van der Waals surface area (Å²) in [6, 6.07) is 21.8. The van der Waals surface area contributed by atoms with Gasteiger partial charge in [0.25, 0.3) is 5.91 Å². The van der Waals surface area contributed by atoms with Gasteiger partial charge in [0.15, 0.2) is 5.78 Å². The van der Waals surface area contributed by atoms with Crippen LogP contribution in [-0.4, -0.2) is 33.7 Å². The third-order valence-electron chi connectivity index (χ3n) is 6.43. The van der Waals surface area contributed by atoms with E-state index in [4.69, 9.17) is 0 Å². The third-order valence-corrected chi connectivity index (χ3v) is 6.43. The topological polar surface area (TPSA) is 71.4 Å². The summed E-state index contributed by atoms with van der Waals surface area (Å²) >= 11 is 0. The molecular formula is C27H22FN3O3. The van der Waals surface area contributed by atoms with Crippen molar-refractivity contribution in [1.29, 1.82) is 0 Å². The molecule has 34 heavy (non-hydrogen) atoms. The summed E-state index contributed by atoms with van der Waals surface area (Å²) < 4.78 is 15.3. The zero-order valence-electron chi connectivity index (χ0n) is 18.7.